The van der Waals surface area contributed by atoms with Crippen LogP contribution in [0.15, 0.2) is 17.0 Å². The number of esters is 1. The molecule has 120 valence electrons. The third-order valence-corrected chi connectivity index (χ3v) is 3.25. The second-order valence-electron chi connectivity index (χ2n) is 3.99. The van der Waals surface area contributed by atoms with E-state index in [2.05, 4.69) is 4.74 Å². The van der Waals surface area contributed by atoms with Gasteiger partial charge in [0.2, 0.25) is 0 Å². The predicted octanol–water partition coefficient (Wildman–Crippen LogP) is 4.21. The number of hydrogen-bond donors (Lipinski definition) is 0. The monoisotopic (exact) mass is 339 g/mol. The zero-order chi connectivity index (χ0) is 16.9. The van der Waals surface area contributed by atoms with Gasteiger partial charge in [0, 0.05) is 10.5 Å². The van der Waals surface area contributed by atoms with Crippen LogP contribution in [0.5, 0.6) is 0 Å². The van der Waals surface area contributed by atoms with Gasteiger partial charge < -0.3 is 4.74 Å². The van der Waals surface area contributed by atoms with Gasteiger partial charge in [-0.05, 0) is 36.4 Å². The van der Waals surface area contributed by atoms with Crippen LogP contribution in [-0.2, 0) is 16.0 Å². The molecule has 0 aromatic heterocycles. The molecule has 22 heavy (non-hydrogen) atoms. The van der Waals surface area contributed by atoms with Crippen LogP contribution in [0.2, 0.25) is 0 Å². The van der Waals surface area contributed by atoms with Crippen molar-refractivity contribution in [3.8, 4) is 6.07 Å². The fourth-order valence-corrected chi connectivity index (χ4v) is 2.31. The van der Waals surface area contributed by atoms with Crippen molar-refractivity contribution in [1.29, 1.82) is 5.26 Å². The molecule has 1 aromatic carbocycles. The maximum Gasteiger partial charge on any atom is 0.446 e. The van der Waals surface area contributed by atoms with Crippen LogP contribution < -0.4 is 0 Å². The number of rotatable bonds is 5. The number of benzene rings is 1. The van der Waals surface area contributed by atoms with E-state index in [1.807, 2.05) is 0 Å². The first-order valence-corrected chi connectivity index (χ1v) is 6.76. The van der Waals surface area contributed by atoms with Gasteiger partial charge in [-0.25, -0.2) is 8.78 Å². The maximum absolute atomic E-state index is 13.0. The molecule has 3 nitrogen and oxygen atoms in total. The first kappa shape index (κ1) is 18.2. The van der Waals surface area contributed by atoms with Gasteiger partial charge in [0.1, 0.15) is 6.07 Å². The lowest BCUT2D eigenvalue weighted by Crippen LogP contribution is -2.10. The zero-order valence-electron chi connectivity index (χ0n) is 11.2. The number of nitriles is 1. The van der Waals surface area contributed by atoms with Crippen molar-refractivity contribution in [3.05, 3.63) is 28.8 Å². The largest absolute Gasteiger partial charge is 0.466 e. The molecule has 0 heterocycles. The first-order chi connectivity index (χ1) is 10.2. The number of thioether (sulfide) groups is 1. The summed E-state index contributed by atoms with van der Waals surface area (Å²) in [6.45, 7) is 1.56. The van der Waals surface area contributed by atoms with Gasteiger partial charge in [0.05, 0.1) is 18.6 Å². The molecule has 0 amide bonds. The molecule has 0 fully saturated rings. The average Bonchev–Trinajstić information content (AvgIpc) is 2.38. The van der Waals surface area contributed by atoms with E-state index in [0.717, 1.165) is 6.07 Å². The highest BCUT2D eigenvalue weighted by atomic mass is 32.2. The number of halogens is 5. The van der Waals surface area contributed by atoms with Gasteiger partial charge >= 0.3 is 11.5 Å². The third-order valence-electron chi connectivity index (χ3n) is 2.46. The Kier molecular flexibility index (Phi) is 6.17. The molecule has 0 aliphatic carbocycles. The third kappa shape index (κ3) is 5.18. The van der Waals surface area contributed by atoms with Crippen LogP contribution in [0.1, 0.15) is 30.0 Å². The normalized spacial score (nSPS) is 11.4. The Hall–Kier alpha value is -1.82. The first-order valence-electron chi connectivity index (χ1n) is 5.94. The SMILES string of the molecule is CCOC(=O)Cc1cc(C#N)c(SC(F)(F)F)cc1C(F)F. The van der Waals surface area contributed by atoms with Crippen molar-refractivity contribution in [2.45, 2.75) is 30.2 Å². The molecule has 0 unspecified atom stereocenters. The van der Waals surface area contributed by atoms with Crippen molar-refractivity contribution in [1.82, 2.24) is 0 Å². The molecule has 0 saturated heterocycles. The van der Waals surface area contributed by atoms with Crippen molar-refractivity contribution in [2.24, 2.45) is 0 Å². The zero-order valence-corrected chi connectivity index (χ0v) is 12.0. The molecule has 0 spiro atoms. The number of carbonyl (C=O) groups excluding carboxylic acids is 1. The Morgan fingerprint density at radius 1 is 1.41 bits per heavy atom. The molecular formula is C13H10F5NO2S. The summed E-state index contributed by atoms with van der Waals surface area (Å²) in [6.07, 6.45) is -3.62. The summed E-state index contributed by atoms with van der Waals surface area (Å²) in [4.78, 5) is 10.7. The maximum atomic E-state index is 13.0. The Morgan fingerprint density at radius 2 is 2.05 bits per heavy atom. The molecule has 0 aliphatic heterocycles. The lowest BCUT2D eigenvalue weighted by Gasteiger charge is -2.13. The van der Waals surface area contributed by atoms with E-state index >= 15 is 0 Å². The smallest absolute Gasteiger partial charge is 0.446 e. The number of carbonyl (C=O) groups is 1. The fourth-order valence-electron chi connectivity index (χ4n) is 1.66. The summed E-state index contributed by atoms with van der Waals surface area (Å²) < 4.78 is 67.8. The lowest BCUT2D eigenvalue weighted by molar-refractivity contribution is -0.142. The Morgan fingerprint density at radius 3 is 2.50 bits per heavy atom. The average molecular weight is 339 g/mol. The summed E-state index contributed by atoms with van der Waals surface area (Å²) in [7, 11) is 0. The van der Waals surface area contributed by atoms with Crippen molar-refractivity contribution in [3.63, 3.8) is 0 Å². The van der Waals surface area contributed by atoms with Crippen molar-refractivity contribution < 1.29 is 31.5 Å². The van der Waals surface area contributed by atoms with Gasteiger partial charge in [0.15, 0.2) is 0 Å². The molecule has 0 atom stereocenters. The Labute approximate surface area is 127 Å². The number of hydrogen-bond acceptors (Lipinski definition) is 4. The van der Waals surface area contributed by atoms with E-state index in [1.165, 1.54) is 13.0 Å². The highest BCUT2D eigenvalue weighted by Gasteiger charge is 2.32. The van der Waals surface area contributed by atoms with E-state index < -0.39 is 52.1 Å². The van der Waals surface area contributed by atoms with Crippen LogP contribution >= 0.6 is 11.8 Å². The number of ether oxygens (including phenoxy) is 1. The molecule has 0 N–H and O–H groups in total. The van der Waals surface area contributed by atoms with Gasteiger partial charge in [-0.1, -0.05) is 0 Å². The molecule has 1 rings (SSSR count). The molecule has 0 saturated carbocycles. The summed E-state index contributed by atoms with van der Waals surface area (Å²) in [5.41, 5.74) is -6.09. The molecular weight excluding hydrogens is 329 g/mol. The summed E-state index contributed by atoms with van der Waals surface area (Å²) in [5, 5.41) is 8.87. The fraction of sp³-hybridized carbons (Fsp3) is 0.385. The predicted molar refractivity (Wildman–Crippen MR) is 68.4 cm³/mol. The van der Waals surface area contributed by atoms with E-state index in [1.54, 1.807) is 0 Å². The van der Waals surface area contributed by atoms with E-state index in [-0.39, 0.29) is 12.2 Å². The quantitative estimate of drug-likeness (QED) is 0.458. The second kappa shape index (κ2) is 7.45. The minimum atomic E-state index is -4.71. The minimum Gasteiger partial charge on any atom is -0.466 e. The van der Waals surface area contributed by atoms with Gasteiger partial charge in [-0.2, -0.15) is 18.4 Å². The second-order valence-corrected chi connectivity index (χ2v) is 5.10. The topological polar surface area (TPSA) is 50.1 Å². The van der Waals surface area contributed by atoms with E-state index in [9.17, 15) is 26.7 Å². The molecule has 0 radical (unpaired) electrons. The van der Waals surface area contributed by atoms with Crippen LogP contribution in [0.3, 0.4) is 0 Å². The summed E-state index contributed by atoms with van der Waals surface area (Å²) in [6, 6.07) is 2.97. The molecule has 0 aliphatic rings. The van der Waals surface area contributed by atoms with Crippen molar-refractivity contribution in [2.75, 3.05) is 6.61 Å². The van der Waals surface area contributed by atoms with Gasteiger partial charge in [-0.3, -0.25) is 4.79 Å². The van der Waals surface area contributed by atoms with Crippen LogP contribution in [0.4, 0.5) is 22.0 Å². The van der Waals surface area contributed by atoms with Gasteiger partial charge in [-0.15, -0.1) is 0 Å². The van der Waals surface area contributed by atoms with Gasteiger partial charge in [0.25, 0.3) is 6.43 Å². The van der Waals surface area contributed by atoms with Crippen molar-refractivity contribution >= 4 is 17.7 Å². The minimum absolute atomic E-state index is 0.0377. The van der Waals surface area contributed by atoms with E-state index in [4.69, 9.17) is 5.26 Å². The Bertz CT molecular complexity index is 595. The Balaban J connectivity index is 3.28. The van der Waals surface area contributed by atoms with Crippen LogP contribution in [-0.4, -0.2) is 18.1 Å². The molecule has 9 heteroatoms. The standard InChI is InChI=1S/C13H10F5NO2S/c1-2-21-11(20)4-7-3-8(6-19)10(22-13(16,17)18)5-9(7)12(14)15/h3,5,12H,2,4H2,1H3. The van der Waals surface area contributed by atoms with Crippen LogP contribution in [0, 0.1) is 11.3 Å². The highest BCUT2D eigenvalue weighted by molar-refractivity contribution is 8.00. The van der Waals surface area contributed by atoms with Crippen LogP contribution in [0.25, 0.3) is 0 Å². The number of nitrogens with zero attached hydrogens (tertiary/aromatic N) is 1. The van der Waals surface area contributed by atoms with E-state index in [0.29, 0.717) is 6.07 Å². The highest BCUT2D eigenvalue weighted by Crippen LogP contribution is 2.40. The molecule has 0 bridgehead atoms. The lowest BCUT2D eigenvalue weighted by atomic mass is 10.0. The number of alkyl halides is 5. The summed E-state index contributed by atoms with van der Waals surface area (Å²) >= 11 is -0.651. The molecule has 1 aromatic rings. The summed E-state index contributed by atoms with van der Waals surface area (Å²) in [5.74, 6) is -0.801.